The van der Waals surface area contributed by atoms with E-state index in [-0.39, 0.29) is 5.97 Å². The molecule has 0 saturated carbocycles. The van der Waals surface area contributed by atoms with E-state index in [1.165, 1.54) is 11.6 Å². The number of nitrogens with one attached hydrogen (secondary N) is 1. The molecule has 0 amide bonds. The summed E-state index contributed by atoms with van der Waals surface area (Å²) in [7, 11) is 0. The first-order chi connectivity index (χ1) is 10.2. The van der Waals surface area contributed by atoms with Gasteiger partial charge in [0.05, 0.1) is 12.3 Å². The SMILES string of the molecule is CCOC(=O)C=Cc1ccc2c(n1)N1C(C)CNCC1C2. The van der Waals surface area contributed by atoms with Gasteiger partial charge < -0.3 is 15.0 Å². The van der Waals surface area contributed by atoms with E-state index < -0.39 is 0 Å². The van der Waals surface area contributed by atoms with Crippen molar-refractivity contribution in [3.8, 4) is 0 Å². The quantitative estimate of drug-likeness (QED) is 0.672. The normalized spacial score (nSPS) is 24.0. The highest BCUT2D eigenvalue weighted by atomic mass is 16.5. The Hall–Kier alpha value is -1.88. The first-order valence-corrected chi connectivity index (χ1v) is 7.53. The van der Waals surface area contributed by atoms with Gasteiger partial charge in [-0.15, -0.1) is 0 Å². The van der Waals surface area contributed by atoms with E-state index in [0.29, 0.717) is 18.7 Å². The topological polar surface area (TPSA) is 54.5 Å². The number of ether oxygens (including phenoxy) is 1. The Balaban J connectivity index is 1.82. The summed E-state index contributed by atoms with van der Waals surface area (Å²) in [5.74, 6) is 0.744. The van der Waals surface area contributed by atoms with Crippen molar-refractivity contribution in [2.75, 3.05) is 24.6 Å². The maximum Gasteiger partial charge on any atom is 0.330 e. The minimum atomic E-state index is -0.326. The number of anilines is 1. The van der Waals surface area contributed by atoms with Gasteiger partial charge in [0, 0.05) is 31.2 Å². The number of hydrogen-bond donors (Lipinski definition) is 1. The van der Waals surface area contributed by atoms with E-state index in [0.717, 1.165) is 31.0 Å². The Bertz CT molecular complexity index is 571. The van der Waals surface area contributed by atoms with Crippen LogP contribution in [0.2, 0.25) is 0 Å². The minimum Gasteiger partial charge on any atom is -0.463 e. The lowest BCUT2D eigenvalue weighted by atomic mass is 10.1. The fourth-order valence-corrected chi connectivity index (χ4v) is 3.13. The van der Waals surface area contributed by atoms with Crippen molar-refractivity contribution in [3.05, 3.63) is 29.5 Å². The van der Waals surface area contributed by atoms with E-state index in [1.807, 2.05) is 6.07 Å². The second kappa shape index (κ2) is 5.85. The zero-order valence-corrected chi connectivity index (χ0v) is 12.5. The maximum absolute atomic E-state index is 11.4. The number of pyridine rings is 1. The third-order valence-electron chi connectivity index (χ3n) is 4.04. The van der Waals surface area contributed by atoms with E-state index >= 15 is 0 Å². The van der Waals surface area contributed by atoms with E-state index in [2.05, 4.69) is 23.2 Å². The lowest BCUT2D eigenvalue weighted by Gasteiger charge is -2.37. The molecule has 1 fully saturated rings. The summed E-state index contributed by atoms with van der Waals surface area (Å²) in [6.45, 7) is 6.40. The summed E-state index contributed by atoms with van der Waals surface area (Å²) < 4.78 is 4.89. The molecular weight excluding hydrogens is 266 g/mol. The summed E-state index contributed by atoms with van der Waals surface area (Å²) >= 11 is 0. The van der Waals surface area contributed by atoms with Crippen molar-refractivity contribution in [1.29, 1.82) is 0 Å². The second-order valence-electron chi connectivity index (χ2n) is 5.58. The van der Waals surface area contributed by atoms with Crippen molar-refractivity contribution in [3.63, 3.8) is 0 Å². The molecule has 5 heteroatoms. The van der Waals surface area contributed by atoms with Crippen LogP contribution < -0.4 is 10.2 Å². The molecule has 2 unspecified atom stereocenters. The van der Waals surface area contributed by atoms with Crippen LogP contribution in [0.15, 0.2) is 18.2 Å². The molecule has 3 rings (SSSR count). The van der Waals surface area contributed by atoms with Crippen molar-refractivity contribution in [2.45, 2.75) is 32.4 Å². The van der Waals surface area contributed by atoms with Gasteiger partial charge in [0.2, 0.25) is 0 Å². The van der Waals surface area contributed by atoms with E-state index in [1.54, 1.807) is 13.0 Å². The van der Waals surface area contributed by atoms with Gasteiger partial charge in [0.25, 0.3) is 0 Å². The molecule has 21 heavy (non-hydrogen) atoms. The van der Waals surface area contributed by atoms with Gasteiger partial charge in [0.15, 0.2) is 0 Å². The molecule has 1 N–H and O–H groups in total. The Kier molecular flexibility index (Phi) is 3.92. The molecule has 112 valence electrons. The zero-order valence-electron chi connectivity index (χ0n) is 12.5. The Morgan fingerprint density at radius 3 is 3.19 bits per heavy atom. The molecule has 0 spiro atoms. The highest BCUT2D eigenvalue weighted by molar-refractivity contribution is 5.86. The summed E-state index contributed by atoms with van der Waals surface area (Å²) in [5.41, 5.74) is 2.09. The first-order valence-electron chi connectivity index (χ1n) is 7.53. The molecule has 0 aliphatic carbocycles. The maximum atomic E-state index is 11.4. The number of carbonyl (C=O) groups is 1. The van der Waals surface area contributed by atoms with Crippen LogP contribution in [0.1, 0.15) is 25.1 Å². The molecule has 2 aliphatic rings. The number of fused-ring (bicyclic) bond motifs is 3. The average Bonchev–Trinajstić information content (AvgIpc) is 2.84. The van der Waals surface area contributed by atoms with Crippen LogP contribution in [0.3, 0.4) is 0 Å². The monoisotopic (exact) mass is 287 g/mol. The zero-order chi connectivity index (χ0) is 14.8. The second-order valence-corrected chi connectivity index (χ2v) is 5.58. The van der Waals surface area contributed by atoms with Gasteiger partial charge in [-0.1, -0.05) is 6.07 Å². The number of hydrogen-bond acceptors (Lipinski definition) is 5. The van der Waals surface area contributed by atoms with Crippen molar-refractivity contribution in [2.24, 2.45) is 0 Å². The molecule has 0 radical (unpaired) electrons. The van der Waals surface area contributed by atoms with Crippen LogP contribution in [-0.4, -0.2) is 42.7 Å². The van der Waals surface area contributed by atoms with Crippen molar-refractivity contribution < 1.29 is 9.53 Å². The molecule has 1 aromatic rings. The molecule has 1 saturated heterocycles. The van der Waals surface area contributed by atoms with Gasteiger partial charge >= 0.3 is 5.97 Å². The van der Waals surface area contributed by atoms with Crippen molar-refractivity contribution in [1.82, 2.24) is 10.3 Å². The molecule has 5 nitrogen and oxygen atoms in total. The van der Waals surface area contributed by atoms with Crippen LogP contribution in [-0.2, 0) is 16.0 Å². The van der Waals surface area contributed by atoms with Crippen LogP contribution in [0.4, 0.5) is 5.82 Å². The number of carbonyl (C=O) groups excluding carboxylic acids is 1. The van der Waals surface area contributed by atoms with Crippen LogP contribution in [0.5, 0.6) is 0 Å². The predicted octanol–water partition coefficient (Wildman–Crippen LogP) is 1.38. The number of piperazine rings is 1. The van der Waals surface area contributed by atoms with E-state index in [4.69, 9.17) is 9.72 Å². The largest absolute Gasteiger partial charge is 0.463 e. The van der Waals surface area contributed by atoms with Gasteiger partial charge in [0.1, 0.15) is 5.82 Å². The van der Waals surface area contributed by atoms with Gasteiger partial charge in [-0.05, 0) is 38.0 Å². The smallest absolute Gasteiger partial charge is 0.330 e. The lowest BCUT2D eigenvalue weighted by molar-refractivity contribution is -0.137. The Morgan fingerprint density at radius 2 is 2.38 bits per heavy atom. The van der Waals surface area contributed by atoms with E-state index in [9.17, 15) is 4.79 Å². The minimum absolute atomic E-state index is 0.326. The fourth-order valence-electron chi connectivity index (χ4n) is 3.13. The summed E-state index contributed by atoms with van der Waals surface area (Å²) in [6, 6.07) is 5.03. The van der Waals surface area contributed by atoms with Crippen LogP contribution in [0.25, 0.3) is 6.08 Å². The number of rotatable bonds is 3. The molecular formula is C16H21N3O2. The molecule has 0 bridgehead atoms. The highest BCUT2D eigenvalue weighted by Crippen LogP contribution is 2.33. The predicted molar refractivity (Wildman–Crippen MR) is 82.2 cm³/mol. The standard InChI is InChI=1S/C16H21N3O2/c1-3-21-15(20)7-6-13-5-4-12-8-14-10-17-9-11(2)19(14)16(12)18-13/h4-7,11,14,17H,3,8-10H2,1-2H3. The number of aromatic nitrogens is 1. The van der Waals surface area contributed by atoms with Gasteiger partial charge in [-0.25, -0.2) is 9.78 Å². The third-order valence-corrected chi connectivity index (χ3v) is 4.04. The molecule has 1 aromatic heterocycles. The van der Waals surface area contributed by atoms with Gasteiger partial charge in [-0.2, -0.15) is 0 Å². The fraction of sp³-hybridized carbons (Fsp3) is 0.500. The Labute approximate surface area is 125 Å². The molecule has 2 atom stereocenters. The van der Waals surface area contributed by atoms with Crippen LogP contribution in [0, 0.1) is 0 Å². The first kappa shape index (κ1) is 14.1. The summed E-state index contributed by atoms with van der Waals surface area (Å²) in [6.07, 6.45) is 4.20. The van der Waals surface area contributed by atoms with Crippen LogP contribution >= 0.6 is 0 Å². The van der Waals surface area contributed by atoms with Gasteiger partial charge in [-0.3, -0.25) is 0 Å². The third kappa shape index (κ3) is 2.78. The summed E-state index contributed by atoms with van der Waals surface area (Å²) in [4.78, 5) is 18.5. The lowest BCUT2D eigenvalue weighted by Crippen LogP contribution is -2.55. The average molecular weight is 287 g/mol. The molecule has 0 aromatic carbocycles. The molecule has 3 heterocycles. The summed E-state index contributed by atoms with van der Waals surface area (Å²) in [5, 5.41) is 3.46. The Morgan fingerprint density at radius 1 is 1.52 bits per heavy atom. The molecule has 2 aliphatic heterocycles. The number of nitrogens with zero attached hydrogens (tertiary/aromatic N) is 2. The van der Waals surface area contributed by atoms with Crippen molar-refractivity contribution >= 4 is 17.9 Å². The highest BCUT2D eigenvalue weighted by Gasteiger charge is 2.36. The number of esters is 1.